The number of aliphatic hydroxyl groups excluding tert-OH is 1. The standard InChI is InChI=1S/C24H41N3O3/c1-26(2)24(11-5-4-6-12-24)19-25-16-20-9-10-22(29-3)23(15-20)30-18-21(28)17-27-13-7-8-14-27/h9-10,15,21,25,28H,4-8,11-14,16-19H2,1-3H3/t21-/m0/s1. The minimum Gasteiger partial charge on any atom is -0.493 e. The number of hydrogen-bond donors (Lipinski definition) is 2. The highest BCUT2D eigenvalue weighted by Gasteiger charge is 2.33. The van der Waals surface area contributed by atoms with Crippen LogP contribution in [0.15, 0.2) is 18.2 Å². The normalized spacial score (nSPS) is 20.4. The van der Waals surface area contributed by atoms with Gasteiger partial charge in [0.15, 0.2) is 11.5 Å². The Morgan fingerprint density at radius 2 is 1.83 bits per heavy atom. The summed E-state index contributed by atoms with van der Waals surface area (Å²) in [5, 5.41) is 14.0. The van der Waals surface area contributed by atoms with Crippen molar-refractivity contribution in [2.75, 3.05) is 54.0 Å². The first kappa shape index (κ1) is 23.3. The lowest BCUT2D eigenvalue weighted by Crippen LogP contribution is -2.52. The highest BCUT2D eigenvalue weighted by atomic mass is 16.5. The first-order valence-corrected chi connectivity index (χ1v) is 11.6. The summed E-state index contributed by atoms with van der Waals surface area (Å²) < 4.78 is 11.4. The lowest BCUT2D eigenvalue weighted by atomic mass is 9.80. The van der Waals surface area contributed by atoms with Crippen molar-refractivity contribution in [3.8, 4) is 11.5 Å². The highest BCUT2D eigenvalue weighted by molar-refractivity contribution is 5.43. The Morgan fingerprint density at radius 3 is 2.50 bits per heavy atom. The molecule has 0 unspecified atom stereocenters. The molecule has 1 aromatic rings. The zero-order valence-corrected chi connectivity index (χ0v) is 19.2. The van der Waals surface area contributed by atoms with Crippen LogP contribution >= 0.6 is 0 Å². The molecule has 2 fully saturated rings. The van der Waals surface area contributed by atoms with Gasteiger partial charge in [-0.1, -0.05) is 25.3 Å². The molecule has 1 heterocycles. The summed E-state index contributed by atoms with van der Waals surface area (Å²) in [6.07, 6.45) is 8.49. The molecule has 0 aromatic heterocycles. The number of nitrogens with one attached hydrogen (secondary N) is 1. The van der Waals surface area contributed by atoms with Crippen LogP contribution in [-0.2, 0) is 6.54 Å². The maximum absolute atomic E-state index is 10.3. The van der Waals surface area contributed by atoms with Crippen molar-refractivity contribution in [1.82, 2.24) is 15.1 Å². The zero-order chi connectivity index (χ0) is 21.4. The zero-order valence-electron chi connectivity index (χ0n) is 19.2. The summed E-state index contributed by atoms with van der Waals surface area (Å²) in [5.41, 5.74) is 1.44. The number of methoxy groups -OCH3 is 1. The number of benzene rings is 1. The van der Waals surface area contributed by atoms with Crippen LogP contribution in [0.4, 0.5) is 0 Å². The Hall–Kier alpha value is -1.34. The Bertz CT molecular complexity index is 641. The average Bonchev–Trinajstić information content (AvgIpc) is 3.26. The molecule has 3 rings (SSSR count). The van der Waals surface area contributed by atoms with Gasteiger partial charge in [0.25, 0.3) is 0 Å². The average molecular weight is 420 g/mol. The molecule has 1 aromatic carbocycles. The third-order valence-electron chi connectivity index (χ3n) is 6.84. The van der Waals surface area contributed by atoms with Gasteiger partial charge in [0.05, 0.1) is 7.11 Å². The van der Waals surface area contributed by atoms with E-state index in [-0.39, 0.29) is 12.1 Å². The number of rotatable bonds is 11. The maximum Gasteiger partial charge on any atom is 0.161 e. The van der Waals surface area contributed by atoms with E-state index in [9.17, 15) is 5.11 Å². The van der Waals surface area contributed by atoms with E-state index < -0.39 is 6.10 Å². The minimum atomic E-state index is -0.485. The Morgan fingerprint density at radius 1 is 1.10 bits per heavy atom. The van der Waals surface area contributed by atoms with Gasteiger partial charge < -0.3 is 29.7 Å². The highest BCUT2D eigenvalue weighted by Crippen LogP contribution is 2.32. The number of β-amino-alcohol motifs (C(OH)–C–C–N with tert-alkyl or cyclic N) is 1. The van der Waals surface area contributed by atoms with Crippen LogP contribution in [0.5, 0.6) is 11.5 Å². The van der Waals surface area contributed by atoms with E-state index in [1.807, 2.05) is 12.1 Å². The fourth-order valence-corrected chi connectivity index (χ4v) is 4.88. The molecular formula is C24H41N3O3. The monoisotopic (exact) mass is 419 g/mol. The van der Waals surface area contributed by atoms with Crippen LogP contribution in [0.1, 0.15) is 50.5 Å². The number of likely N-dealkylation sites (N-methyl/N-ethyl adjacent to an activating group) is 1. The first-order valence-electron chi connectivity index (χ1n) is 11.6. The molecule has 0 amide bonds. The molecule has 1 aliphatic heterocycles. The smallest absolute Gasteiger partial charge is 0.161 e. The quantitative estimate of drug-likeness (QED) is 0.575. The van der Waals surface area contributed by atoms with Gasteiger partial charge in [-0.2, -0.15) is 0 Å². The molecule has 6 nitrogen and oxygen atoms in total. The second-order valence-electron chi connectivity index (χ2n) is 9.24. The predicted octanol–water partition coefficient (Wildman–Crippen LogP) is 2.88. The van der Waals surface area contributed by atoms with Gasteiger partial charge in [-0.25, -0.2) is 0 Å². The van der Waals surface area contributed by atoms with Crippen LogP contribution < -0.4 is 14.8 Å². The summed E-state index contributed by atoms with van der Waals surface area (Å²) in [5.74, 6) is 1.42. The lowest BCUT2D eigenvalue weighted by Gasteiger charge is -2.43. The van der Waals surface area contributed by atoms with Gasteiger partial charge in [-0.15, -0.1) is 0 Å². The predicted molar refractivity (Wildman–Crippen MR) is 121 cm³/mol. The molecule has 2 aliphatic rings. The van der Waals surface area contributed by atoms with Crippen LogP contribution in [0, 0.1) is 0 Å². The second kappa shape index (κ2) is 11.3. The van der Waals surface area contributed by atoms with Crippen LogP contribution in [0.3, 0.4) is 0 Å². The van der Waals surface area contributed by atoms with Crippen LogP contribution in [-0.4, -0.2) is 80.5 Å². The molecule has 1 saturated heterocycles. The van der Waals surface area contributed by atoms with Crippen molar-refractivity contribution < 1.29 is 14.6 Å². The van der Waals surface area contributed by atoms with Crippen molar-refractivity contribution in [1.29, 1.82) is 0 Å². The van der Waals surface area contributed by atoms with Gasteiger partial charge in [-0.3, -0.25) is 0 Å². The fraction of sp³-hybridized carbons (Fsp3) is 0.750. The van der Waals surface area contributed by atoms with Crippen molar-refractivity contribution >= 4 is 0 Å². The third kappa shape index (κ3) is 6.33. The molecular weight excluding hydrogens is 378 g/mol. The first-order chi connectivity index (χ1) is 14.5. The summed E-state index contributed by atoms with van der Waals surface area (Å²) in [6.45, 7) is 4.92. The number of hydrogen-bond acceptors (Lipinski definition) is 6. The SMILES string of the molecule is COc1ccc(CNCC2(N(C)C)CCCCC2)cc1OC[C@@H](O)CN1CCCC1. The third-order valence-corrected chi connectivity index (χ3v) is 6.84. The Labute approximate surface area is 182 Å². The van der Waals surface area contributed by atoms with E-state index in [1.54, 1.807) is 7.11 Å². The Balaban J connectivity index is 1.52. The van der Waals surface area contributed by atoms with E-state index in [0.717, 1.165) is 26.2 Å². The molecule has 0 bridgehead atoms. The summed E-state index contributed by atoms with van der Waals surface area (Å²) in [7, 11) is 6.07. The molecule has 170 valence electrons. The number of nitrogens with zero attached hydrogens (tertiary/aromatic N) is 2. The van der Waals surface area contributed by atoms with E-state index in [4.69, 9.17) is 9.47 Å². The van der Waals surface area contributed by atoms with Crippen molar-refractivity contribution in [2.24, 2.45) is 0 Å². The van der Waals surface area contributed by atoms with Gasteiger partial charge in [0, 0.05) is 25.2 Å². The maximum atomic E-state index is 10.3. The van der Waals surface area contributed by atoms with Crippen molar-refractivity contribution in [3.05, 3.63) is 23.8 Å². The molecule has 30 heavy (non-hydrogen) atoms. The molecule has 2 N–H and O–H groups in total. The van der Waals surface area contributed by atoms with Crippen LogP contribution in [0.2, 0.25) is 0 Å². The van der Waals surface area contributed by atoms with Crippen LogP contribution in [0.25, 0.3) is 0 Å². The fourth-order valence-electron chi connectivity index (χ4n) is 4.88. The largest absolute Gasteiger partial charge is 0.493 e. The van der Waals surface area contributed by atoms with Crippen molar-refractivity contribution in [3.63, 3.8) is 0 Å². The van der Waals surface area contributed by atoms with Gasteiger partial charge in [-0.05, 0) is 70.6 Å². The van der Waals surface area contributed by atoms with Gasteiger partial charge >= 0.3 is 0 Å². The number of ether oxygens (including phenoxy) is 2. The molecule has 1 atom stereocenters. The van der Waals surface area contributed by atoms with Gasteiger partial charge in [0.1, 0.15) is 12.7 Å². The molecule has 1 aliphatic carbocycles. The topological polar surface area (TPSA) is 57.2 Å². The van der Waals surface area contributed by atoms with E-state index in [0.29, 0.717) is 18.0 Å². The van der Waals surface area contributed by atoms with Gasteiger partial charge in [0.2, 0.25) is 0 Å². The van der Waals surface area contributed by atoms with Crippen molar-refractivity contribution in [2.45, 2.75) is 63.1 Å². The Kier molecular flexibility index (Phi) is 8.81. The van der Waals surface area contributed by atoms with E-state index in [2.05, 4.69) is 35.3 Å². The summed E-state index contributed by atoms with van der Waals surface area (Å²) >= 11 is 0. The van der Waals surface area contributed by atoms with E-state index in [1.165, 1.54) is 50.5 Å². The van der Waals surface area contributed by atoms with E-state index >= 15 is 0 Å². The lowest BCUT2D eigenvalue weighted by molar-refractivity contribution is 0.0746. The molecule has 0 radical (unpaired) electrons. The number of likely N-dealkylation sites (tertiary alicyclic amines) is 1. The molecule has 6 heteroatoms. The second-order valence-corrected chi connectivity index (χ2v) is 9.24. The molecule has 1 saturated carbocycles. The summed E-state index contributed by atoms with van der Waals surface area (Å²) in [4.78, 5) is 4.71. The minimum absolute atomic E-state index is 0.268. The summed E-state index contributed by atoms with van der Waals surface area (Å²) in [6, 6.07) is 6.09. The molecule has 0 spiro atoms. The number of aliphatic hydroxyl groups is 1.